The number of para-hydroxylation sites is 1. The highest BCUT2D eigenvalue weighted by Crippen LogP contribution is 2.27. The standard InChI is InChI=1S/C13H12N4O/c1-9-4-3-5-11-12(9)14-8-15-13(11)18-10-6-16-17(2)7-10/h3-8H,1-2H3. The Morgan fingerprint density at radius 3 is 2.89 bits per heavy atom. The lowest BCUT2D eigenvalue weighted by Gasteiger charge is -2.06. The highest BCUT2D eigenvalue weighted by Gasteiger charge is 2.08. The van der Waals surface area contributed by atoms with Gasteiger partial charge in [0.1, 0.15) is 6.33 Å². The molecule has 2 heterocycles. The van der Waals surface area contributed by atoms with Crippen molar-refractivity contribution in [2.75, 3.05) is 0 Å². The zero-order chi connectivity index (χ0) is 12.5. The molecule has 0 radical (unpaired) electrons. The molecule has 18 heavy (non-hydrogen) atoms. The number of benzene rings is 1. The molecule has 0 unspecified atom stereocenters. The lowest BCUT2D eigenvalue weighted by molar-refractivity contribution is 0.467. The van der Waals surface area contributed by atoms with Crippen LogP contribution >= 0.6 is 0 Å². The van der Waals surface area contributed by atoms with Crippen molar-refractivity contribution in [3.8, 4) is 11.6 Å². The number of aryl methyl sites for hydroxylation is 2. The van der Waals surface area contributed by atoms with Gasteiger partial charge < -0.3 is 4.74 Å². The Morgan fingerprint density at radius 2 is 2.11 bits per heavy atom. The topological polar surface area (TPSA) is 52.8 Å². The van der Waals surface area contributed by atoms with Gasteiger partial charge in [-0.05, 0) is 18.6 Å². The van der Waals surface area contributed by atoms with Gasteiger partial charge in [-0.1, -0.05) is 12.1 Å². The summed E-state index contributed by atoms with van der Waals surface area (Å²) in [7, 11) is 1.84. The predicted octanol–water partition coefficient (Wildman–Crippen LogP) is 2.46. The normalized spacial score (nSPS) is 10.8. The quantitative estimate of drug-likeness (QED) is 0.690. The molecule has 0 atom stereocenters. The predicted molar refractivity (Wildman–Crippen MR) is 67.6 cm³/mol. The van der Waals surface area contributed by atoms with Crippen LogP contribution in [-0.4, -0.2) is 19.7 Å². The third kappa shape index (κ3) is 1.79. The fraction of sp³-hybridized carbons (Fsp3) is 0.154. The largest absolute Gasteiger partial charge is 0.435 e. The number of fused-ring (bicyclic) bond motifs is 1. The molecule has 3 aromatic rings. The molecule has 1 aromatic carbocycles. The molecule has 5 nitrogen and oxygen atoms in total. The Kier molecular flexibility index (Phi) is 2.44. The first-order valence-corrected chi connectivity index (χ1v) is 5.61. The van der Waals surface area contributed by atoms with E-state index in [4.69, 9.17) is 4.74 Å². The van der Waals surface area contributed by atoms with Crippen LogP contribution in [0.4, 0.5) is 0 Å². The van der Waals surface area contributed by atoms with E-state index >= 15 is 0 Å². The van der Waals surface area contributed by atoms with Crippen molar-refractivity contribution in [3.63, 3.8) is 0 Å². The molecular formula is C13H12N4O. The van der Waals surface area contributed by atoms with E-state index in [0.717, 1.165) is 16.5 Å². The number of hydrogen-bond acceptors (Lipinski definition) is 4. The van der Waals surface area contributed by atoms with E-state index in [9.17, 15) is 0 Å². The molecule has 0 spiro atoms. The summed E-state index contributed by atoms with van der Waals surface area (Å²) in [5, 5.41) is 4.96. The molecule has 0 bridgehead atoms. The third-order valence-corrected chi connectivity index (χ3v) is 2.73. The number of rotatable bonds is 2. The summed E-state index contributed by atoms with van der Waals surface area (Å²) in [4.78, 5) is 8.46. The average Bonchev–Trinajstić information content (AvgIpc) is 2.76. The van der Waals surface area contributed by atoms with Crippen molar-refractivity contribution in [2.45, 2.75) is 6.92 Å². The smallest absolute Gasteiger partial charge is 0.230 e. The van der Waals surface area contributed by atoms with Crippen molar-refractivity contribution in [3.05, 3.63) is 42.5 Å². The van der Waals surface area contributed by atoms with Gasteiger partial charge in [0.15, 0.2) is 5.75 Å². The lowest BCUT2D eigenvalue weighted by atomic mass is 10.1. The zero-order valence-corrected chi connectivity index (χ0v) is 10.2. The van der Waals surface area contributed by atoms with Gasteiger partial charge in [0, 0.05) is 7.05 Å². The minimum absolute atomic E-state index is 0.553. The Labute approximate surface area is 104 Å². The fourth-order valence-electron chi connectivity index (χ4n) is 1.86. The first-order valence-electron chi connectivity index (χ1n) is 5.61. The summed E-state index contributed by atoms with van der Waals surface area (Å²) in [6.45, 7) is 2.02. The molecule has 0 saturated carbocycles. The molecule has 0 aliphatic rings. The van der Waals surface area contributed by atoms with E-state index in [1.54, 1.807) is 17.1 Å². The van der Waals surface area contributed by atoms with E-state index in [-0.39, 0.29) is 0 Å². The second-order valence-corrected chi connectivity index (χ2v) is 4.10. The van der Waals surface area contributed by atoms with Crippen LogP contribution in [0, 0.1) is 6.92 Å². The van der Waals surface area contributed by atoms with Crippen LogP contribution in [0.2, 0.25) is 0 Å². The summed E-state index contributed by atoms with van der Waals surface area (Å²) in [6, 6.07) is 5.94. The van der Waals surface area contributed by atoms with Gasteiger partial charge >= 0.3 is 0 Å². The van der Waals surface area contributed by atoms with Crippen molar-refractivity contribution in [1.82, 2.24) is 19.7 Å². The van der Waals surface area contributed by atoms with Gasteiger partial charge in [0.05, 0.1) is 23.3 Å². The van der Waals surface area contributed by atoms with Gasteiger partial charge in [-0.15, -0.1) is 0 Å². The molecule has 0 amide bonds. The summed E-state index contributed by atoms with van der Waals surface area (Å²) < 4.78 is 7.42. The summed E-state index contributed by atoms with van der Waals surface area (Å²) >= 11 is 0. The fourth-order valence-corrected chi connectivity index (χ4v) is 1.86. The highest BCUT2D eigenvalue weighted by molar-refractivity contribution is 5.85. The molecule has 90 valence electrons. The molecule has 0 fully saturated rings. The maximum absolute atomic E-state index is 5.73. The van der Waals surface area contributed by atoms with E-state index in [0.29, 0.717) is 11.6 Å². The van der Waals surface area contributed by atoms with E-state index in [1.165, 1.54) is 6.33 Å². The van der Waals surface area contributed by atoms with Gasteiger partial charge in [-0.25, -0.2) is 9.97 Å². The van der Waals surface area contributed by atoms with Crippen LogP contribution in [0.3, 0.4) is 0 Å². The van der Waals surface area contributed by atoms with Crippen LogP contribution in [0.15, 0.2) is 36.9 Å². The molecule has 2 aromatic heterocycles. The summed E-state index contributed by atoms with van der Waals surface area (Å²) in [5.41, 5.74) is 2.01. The van der Waals surface area contributed by atoms with Gasteiger partial charge in [0.25, 0.3) is 0 Å². The monoisotopic (exact) mass is 240 g/mol. The second-order valence-electron chi connectivity index (χ2n) is 4.10. The maximum atomic E-state index is 5.73. The number of nitrogens with zero attached hydrogens (tertiary/aromatic N) is 4. The van der Waals surface area contributed by atoms with Gasteiger partial charge in [0.2, 0.25) is 5.88 Å². The van der Waals surface area contributed by atoms with Crippen LogP contribution in [-0.2, 0) is 7.05 Å². The highest BCUT2D eigenvalue weighted by atomic mass is 16.5. The zero-order valence-electron chi connectivity index (χ0n) is 10.2. The first-order chi connectivity index (χ1) is 8.74. The first kappa shape index (κ1) is 10.7. The minimum Gasteiger partial charge on any atom is -0.435 e. The second kappa shape index (κ2) is 4.10. The average molecular weight is 240 g/mol. The van der Waals surface area contributed by atoms with E-state index in [1.807, 2.05) is 32.2 Å². The van der Waals surface area contributed by atoms with Crippen LogP contribution < -0.4 is 4.74 Å². The van der Waals surface area contributed by atoms with Crippen LogP contribution in [0.25, 0.3) is 10.9 Å². The van der Waals surface area contributed by atoms with Crippen LogP contribution in [0.5, 0.6) is 11.6 Å². The Hall–Kier alpha value is -2.43. The molecule has 0 aliphatic carbocycles. The number of hydrogen-bond donors (Lipinski definition) is 0. The molecule has 5 heteroatoms. The Balaban J connectivity index is 2.09. The van der Waals surface area contributed by atoms with E-state index in [2.05, 4.69) is 15.1 Å². The van der Waals surface area contributed by atoms with E-state index < -0.39 is 0 Å². The van der Waals surface area contributed by atoms with Crippen molar-refractivity contribution in [1.29, 1.82) is 0 Å². The SMILES string of the molecule is Cc1cccc2c(Oc3cnn(C)c3)ncnc12. The molecular weight excluding hydrogens is 228 g/mol. The molecule has 0 saturated heterocycles. The Bertz CT molecular complexity index is 705. The van der Waals surface area contributed by atoms with Crippen LogP contribution in [0.1, 0.15) is 5.56 Å². The summed E-state index contributed by atoms with van der Waals surface area (Å²) in [5.74, 6) is 1.22. The summed E-state index contributed by atoms with van der Waals surface area (Å²) in [6.07, 6.45) is 4.97. The maximum Gasteiger partial charge on any atom is 0.230 e. The van der Waals surface area contributed by atoms with Crippen molar-refractivity contribution in [2.24, 2.45) is 7.05 Å². The third-order valence-electron chi connectivity index (χ3n) is 2.73. The molecule has 0 N–H and O–H groups in total. The van der Waals surface area contributed by atoms with Gasteiger partial charge in [-0.3, -0.25) is 4.68 Å². The van der Waals surface area contributed by atoms with Crippen molar-refractivity contribution >= 4 is 10.9 Å². The lowest BCUT2D eigenvalue weighted by Crippen LogP contribution is -1.92. The molecule has 0 aliphatic heterocycles. The minimum atomic E-state index is 0.553. The molecule has 3 rings (SSSR count). The number of ether oxygens (including phenoxy) is 1. The number of aromatic nitrogens is 4. The van der Waals surface area contributed by atoms with Gasteiger partial charge in [-0.2, -0.15) is 5.10 Å². The van der Waals surface area contributed by atoms with Crippen molar-refractivity contribution < 1.29 is 4.74 Å². The Morgan fingerprint density at radius 1 is 1.22 bits per heavy atom.